The average molecular weight is 495 g/mol. The van der Waals surface area contributed by atoms with Crippen LogP contribution in [0.25, 0.3) is 0 Å². The van der Waals surface area contributed by atoms with Gasteiger partial charge >= 0.3 is 12.1 Å². The molecule has 4 rings (SSSR count). The predicted molar refractivity (Wildman–Crippen MR) is 128 cm³/mol. The summed E-state index contributed by atoms with van der Waals surface area (Å²) in [6.45, 7) is 1.38. The first-order chi connectivity index (χ1) is 17.4. The van der Waals surface area contributed by atoms with E-state index < -0.39 is 23.6 Å². The quantitative estimate of drug-likeness (QED) is 0.460. The number of aromatic nitrogens is 1. The van der Waals surface area contributed by atoms with Gasteiger partial charge in [0.05, 0.1) is 6.42 Å². The lowest BCUT2D eigenvalue weighted by molar-refractivity contribution is -0.119. The summed E-state index contributed by atoms with van der Waals surface area (Å²) in [5, 5.41) is 7.19. The predicted octanol–water partition coefficient (Wildman–Crippen LogP) is 4.67. The number of hydrogen-bond donors (Lipinski definition) is 3. The van der Waals surface area contributed by atoms with E-state index in [4.69, 9.17) is 4.74 Å². The normalized spacial score (nSPS) is 12.7. The standard InChI is InChI=1S/C25H23F2N5O4/c26-17-5-3-16(4-6-17)13-23(33)31-24(34)29-18-7-8-21(20(27)14-18)36-19-9-10-28-22(15-19)30-25(35)32-11-1-2-12-32/h3-10,14-15H,1-2,11-13H2,(H,28,30,35)(H2,29,31,33,34). The maximum atomic E-state index is 14.6. The summed E-state index contributed by atoms with van der Waals surface area (Å²) < 4.78 is 33.1. The van der Waals surface area contributed by atoms with E-state index >= 15 is 0 Å². The number of hydrogen-bond acceptors (Lipinski definition) is 5. The monoisotopic (exact) mass is 495 g/mol. The molecule has 1 aliphatic heterocycles. The topological polar surface area (TPSA) is 113 Å². The van der Waals surface area contributed by atoms with E-state index in [0.717, 1.165) is 18.9 Å². The molecule has 1 aliphatic rings. The van der Waals surface area contributed by atoms with Crippen LogP contribution in [0, 0.1) is 11.6 Å². The number of likely N-dealkylation sites (tertiary alicyclic amines) is 1. The highest BCUT2D eigenvalue weighted by atomic mass is 19.1. The van der Waals surface area contributed by atoms with Gasteiger partial charge in [0.25, 0.3) is 0 Å². The number of carbonyl (C=O) groups is 3. The number of rotatable bonds is 6. The number of pyridine rings is 1. The molecule has 1 saturated heterocycles. The van der Waals surface area contributed by atoms with Crippen molar-refractivity contribution in [3.05, 3.63) is 78.0 Å². The van der Waals surface area contributed by atoms with Crippen molar-refractivity contribution in [1.29, 1.82) is 0 Å². The highest BCUT2D eigenvalue weighted by Crippen LogP contribution is 2.28. The van der Waals surface area contributed by atoms with Crippen molar-refractivity contribution in [2.75, 3.05) is 23.7 Å². The third kappa shape index (κ3) is 6.75. The van der Waals surface area contributed by atoms with E-state index in [9.17, 15) is 23.2 Å². The first kappa shape index (κ1) is 24.6. The molecule has 9 nitrogen and oxygen atoms in total. The second-order valence-electron chi connectivity index (χ2n) is 8.05. The van der Waals surface area contributed by atoms with Crippen LogP contribution < -0.4 is 20.7 Å². The van der Waals surface area contributed by atoms with E-state index in [0.29, 0.717) is 18.7 Å². The molecule has 0 atom stereocenters. The summed E-state index contributed by atoms with van der Waals surface area (Å²) in [4.78, 5) is 42.1. The summed E-state index contributed by atoms with van der Waals surface area (Å²) in [6, 6.07) is 10.9. The molecule has 3 aromatic rings. The van der Waals surface area contributed by atoms with Crippen molar-refractivity contribution in [1.82, 2.24) is 15.2 Å². The zero-order chi connectivity index (χ0) is 25.5. The van der Waals surface area contributed by atoms with Crippen molar-refractivity contribution in [3.8, 4) is 11.5 Å². The van der Waals surface area contributed by atoms with Crippen LogP contribution in [-0.4, -0.2) is 40.9 Å². The number of anilines is 2. The second-order valence-corrected chi connectivity index (χ2v) is 8.05. The Labute approximate surface area is 205 Å². The molecule has 2 heterocycles. The van der Waals surface area contributed by atoms with Gasteiger partial charge in [0.1, 0.15) is 17.4 Å². The third-order valence-corrected chi connectivity index (χ3v) is 5.31. The van der Waals surface area contributed by atoms with Crippen molar-refractivity contribution < 1.29 is 27.9 Å². The maximum absolute atomic E-state index is 14.6. The third-order valence-electron chi connectivity index (χ3n) is 5.31. The van der Waals surface area contributed by atoms with Gasteiger partial charge in [-0.05, 0) is 48.7 Å². The molecule has 3 N–H and O–H groups in total. The fourth-order valence-electron chi connectivity index (χ4n) is 3.56. The summed E-state index contributed by atoms with van der Waals surface area (Å²) in [5.74, 6) is -1.39. The number of benzene rings is 2. The molecule has 11 heteroatoms. The summed E-state index contributed by atoms with van der Waals surface area (Å²) >= 11 is 0. The smallest absolute Gasteiger partial charge is 0.325 e. The lowest BCUT2D eigenvalue weighted by Gasteiger charge is -2.16. The van der Waals surface area contributed by atoms with Gasteiger partial charge in [0, 0.05) is 37.1 Å². The molecule has 0 spiro atoms. The number of nitrogens with one attached hydrogen (secondary N) is 3. The Balaban J connectivity index is 1.31. The SMILES string of the molecule is O=C(Cc1ccc(F)cc1)NC(=O)Nc1ccc(Oc2ccnc(NC(=O)N3CCCC3)c2)c(F)c1. The first-order valence-electron chi connectivity index (χ1n) is 11.2. The fourth-order valence-corrected chi connectivity index (χ4v) is 3.56. The van der Waals surface area contributed by atoms with Crippen LogP contribution in [0.1, 0.15) is 18.4 Å². The molecule has 1 aromatic heterocycles. The molecule has 0 aliphatic carbocycles. The minimum Gasteiger partial charge on any atom is -0.454 e. The number of amides is 5. The van der Waals surface area contributed by atoms with Crippen LogP contribution in [-0.2, 0) is 11.2 Å². The van der Waals surface area contributed by atoms with Crippen LogP contribution in [0.5, 0.6) is 11.5 Å². The van der Waals surface area contributed by atoms with Gasteiger partial charge in [0.15, 0.2) is 11.6 Å². The van der Waals surface area contributed by atoms with Crippen LogP contribution in [0.2, 0.25) is 0 Å². The molecule has 186 valence electrons. The Hall–Kier alpha value is -4.54. The maximum Gasteiger partial charge on any atom is 0.325 e. The fraction of sp³-hybridized carbons (Fsp3) is 0.200. The molecule has 0 unspecified atom stereocenters. The molecule has 0 radical (unpaired) electrons. The van der Waals surface area contributed by atoms with E-state index in [1.165, 1.54) is 54.7 Å². The number of halogens is 2. The van der Waals surface area contributed by atoms with Gasteiger partial charge in [-0.25, -0.2) is 23.4 Å². The Bertz CT molecular complexity index is 1260. The van der Waals surface area contributed by atoms with Crippen molar-refractivity contribution in [2.24, 2.45) is 0 Å². The van der Waals surface area contributed by atoms with Gasteiger partial charge in [0.2, 0.25) is 5.91 Å². The van der Waals surface area contributed by atoms with Gasteiger partial charge in [-0.1, -0.05) is 12.1 Å². The van der Waals surface area contributed by atoms with Crippen LogP contribution >= 0.6 is 0 Å². The molecule has 1 fully saturated rings. The number of nitrogens with zero attached hydrogens (tertiary/aromatic N) is 2. The van der Waals surface area contributed by atoms with Gasteiger partial charge in [-0.2, -0.15) is 0 Å². The Morgan fingerprint density at radius 3 is 2.42 bits per heavy atom. The number of carbonyl (C=O) groups excluding carboxylic acids is 3. The highest BCUT2D eigenvalue weighted by molar-refractivity contribution is 6.01. The van der Waals surface area contributed by atoms with E-state index in [1.54, 1.807) is 4.90 Å². The van der Waals surface area contributed by atoms with E-state index in [2.05, 4.69) is 20.9 Å². The zero-order valence-electron chi connectivity index (χ0n) is 19.1. The Morgan fingerprint density at radius 2 is 1.69 bits per heavy atom. The minimum absolute atomic E-state index is 0.0974. The number of ether oxygens (including phenoxy) is 1. The van der Waals surface area contributed by atoms with E-state index in [-0.39, 0.29) is 35.5 Å². The van der Waals surface area contributed by atoms with Gasteiger partial charge in [-0.3, -0.25) is 15.4 Å². The second kappa shape index (κ2) is 11.3. The largest absolute Gasteiger partial charge is 0.454 e. The Morgan fingerprint density at radius 1 is 0.944 bits per heavy atom. The molecular formula is C25H23F2N5O4. The first-order valence-corrected chi connectivity index (χ1v) is 11.2. The minimum atomic E-state index is -0.845. The molecule has 36 heavy (non-hydrogen) atoms. The molecule has 5 amide bonds. The van der Waals surface area contributed by atoms with Gasteiger partial charge in [-0.15, -0.1) is 0 Å². The number of imide groups is 1. The summed E-state index contributed by atoms with van der Waals surface area (Å²) in [7, 11) is 0. The summed E-state index contributed by atoms with van der Waals surface area (Å²) in [6.07, 6.45) is 3.22. The van der Waals surface area contributed by atoms with Crippen molar-refractivity contribution >= 4 is 29.5 Å². The van der Waals surface area contributed by atoms with Gasteiger partial charge < -0.3 is 15.0 Å². The average Bonchev–Trinajstić information content (AvgIpc) is 3.38. The molecular weight excluding hydrogens is 472 g/mol. The van der Waals surface area contributed by atoms with Crippen LogP contribution in [0.4, 0.5) is 29.9 Å². The molecule has 2 aromatic carbocycles. The van der Waals surface area contributed by atoms with E-state index in [1.807, 2.05) is 0 Å². The van der Waals surface area contributed by atoms with Crippen molar-refractivity contribution in [3.63, 3.8) is 0 Å². The number of urea groups is 2. The molecule has 0 bridgehead atoms. The summed E-state index contributed by atoms with van der Waals surface area (Å²) in [5.41, 5.74) is 0.629. The highest BCUT2D eigenvalue weighted by Gasteiger charge is 2.18. The van der Waals surface area contributed by atoms with Crippen molar-refractivity contribution in [2.45, 2.75) is 19.3 Å². The zero-order valence-corrected chi connectivity index (χ0v) is 19.1. The molecule has 0 saturated carbocycles. The lowest BCUT2D eigenvalue weighted by atomic mass is 10.1. The lowest BCUT2D eigenvalue weighted by Crippen LogP contribution is -2.35. The van der Waals surface area contributed by atoms with Crippen LogP contribution in [0.3, 0.4) is 0 Å². The van der Waals surface area contributed by atoms with Crippen LogP contribution in [0.15, 0.2) is 60.8 Å². The Kier molecular flexibility index (Phi) is 7.69.